The Bertz CT molecular complexity index is 462. The Kier molecular flexibility index (Phi) is 2.40. The monoisotopic (exact) mass is 220 g/mol. The van der Waals surface area contributed by atoms with Crippen molar-refractivity contribution in [3.8, 4) is 0 Å². The molecule has 0 radical (unpaired) electrons. The molecule has 1 N–H and O–H groups in total. The van der Waals surface area contributed by atoms with Crippen molar-refractivity contribution in [2.45, 2.75) is 6.04 Å². The van der Waals surface area contributed by atoms with Crippen LogP contribution in [0.1, 0.15) is 11.6 Å². The molecule has 1 unspecified atom stereocenters. The van der Waals surface area contributed by atoms with Crippen molar-refractivity contribution in [1.29, 1.82) is 0 Å². The topological polar surface area (TPSA) is 34.1 Å². The standard InChI is InChI=1S/C11H12N2OS/c1-2-9-11(15-7-13-9)5-8(1)10-6-14-4-3-12-10/h1-2,5,7,10,12H,3-4,6H2. The van der Waals surface area contributed by atoms with Crippen LogP contribution in [0.3, 0.4) is 0 Å². The van der Waals surface area contributed by atoms with Crippen LogP contribution in [0.15, 0.2) is 23.7 Å². The second-order valence-corrected chi connectivity index (χ2v) is 4.55. The molecule has 1 aliphatic rings. The minimum Gasteiger partial charge on any atom is -0.378 e. The van der Waals surface area contributed by atoms with E-state index in [1.54, 1.807) is 11.3 Å². The van der Waals surface area contributed by atoms with Gasteiger partial charge in [-0.3, -0.25) is 0 Å². The van der Waals surface area contributed by atoms with Crippen LogP contribution in [0.5, 0.6) is 0 Å². The van der Waals surface area contributed by atoms with Gasteiger partial charge in [-0.1, -0.05) is 6.07 Å². The highest BCUT2D eigenvalue weighted by molar-refractivity contribution is 7.16. The number of thiazole rings is 1. The van der Waals surface area contributed by atoms with Crippen LogP contribution in [-0.4, -0.2) is 24.7 Å². The number of ether oxygens (including phenoxy) is 1. The van der Waals surface area contributed by atoms with E-state index < -0.39 is 0 Å². The summed E-state index contributed by atoms with van der Waals surface area (Å²) < 4.78 is 6.71. The summed E-state index contributed by atoms with van der Waals surface area (Å²) in [6.07, 6.45) is 0. The molecule has 1 aromatic carbocycles. The highest BCUT2D eigenvalue weighted by Crippen LogP contribution is 2.23. The molecule has 4 heteroatoms. The molecule has 1 aliphatic heterocycles. The van der Waals surface area contributed by atoms with Crippen LogP contribution >= 0.6 is 11.3 Å². The predicted molar refractivity (Wildman–Crippen MR) is 61.2 cm³/mol. The quantitative estimate of drug-likeness (QED) is 0.797. The highest BCUT2D eigenvalue weighted by atomic mass is 32.1. The van der Waals surface area contributed by atoms with Gasteiger partial charge in [0.2, 0.25) is 0 Å². The summed E-state index contributed by atoms with van der Waals surface area (Å²) in [5.74, 6) is 0. The molecule has 1 aromatic heterocycles. The molecule has 1 fully saturated rings. The Labute approximate surface area is 92.1 Å². The van der Waals surface area contributed by atoms with Crippen LogP contribution in [0.25, 0.3) is 10.2 Å². The molecule has 1 atom stereocenters. The van der Waals surface area contributed by atoms with E-state index >= 15 is 0 Å². The third kappa shape index (κ3) is 1.76. The Morgan fingerprint density at radius 3 is 3.33 bits per heavy atom. The third-order valence-electron chi connectivity index (χ3n) is 2.68. The maximum absolute atomic E-state index is 5.46. The molecule has 3 nitrogen and oxygen atoms in total. The number of nitrogens with zero attached hydrogens (tertiary/aromatic N) is 1. The molecule has 2 heterocycles. The van der Waals surface area contributed by atoms with E-state index in [4.69, 9.17) is 4.74 Å². The molecule has 0 spiro atoms. The summed E-state index contributed by atoms with van der Waals surface area (Å²) in [5.41, 5.74) is 4.27. The molecule has 0 saturated carbocycles. The van der Waals surface area contributed by atoms with Gasteiger partial charge in [0.05, 0.1) is 35.0 Å². The summed E-state index contributed by atoms with van der Waals surface area (Å²) in [6.45, 7) is 2.52. The molecule has 15 heavy (non-hydrogen) atoms. The number of benzene rings is 1. The number of nitrogens with one attached hydrogen (secondary N) is 1. The van der Waals surface area contributed by atoms with E-state index in [2.05, 4.69) is 28.5 Å². The van der Waals surface area contributed by atoms with E-state index in [0.29, 0.717) is 6.04 Å². The van der Waals surface area contributed by atoms with Crippen molar-refractivity contribution in [2.75, 3.05) is 19.8 Å². The zero-order chi connectivity index (χ0) is 10.1. The van der Waals surface area contributed by atoms with E-state index in [0.717, 1.165) is 25.3 Å². The first-order valence-corrected chi connectivity index (χ1v) is 5.96. The van der Waals surface area contributed by atoms with Gasteiger partial charge in [-0.2, -0.15) is 0 Å². The van der Waals surface area contributed by atoms with Crippen LogP contribution in [0.2, 0.25) is 0 Å². The molecular formula is C11H12N2OS. The second-order valence-electron chi connectivity index (χ2n) is 3.66. The van der Waals surface area contributed by atoms with E-state index in [1.807, 2.05) is 5.51 Å². The van der Waals surface area contributed by atoms with Crippen molar-refractivity contribution in [1.82, 2.24) is 10.3 Å². The predicted octanol–water partition coefficient (Wildman–Crippen LogP) is 1.96. The molecule has 2 aromatic rings. The van der Waals surface area contributed by atoms with Crippen molar-refractivity contribution >= 4 is 21.6 Å². The van der Waals surface area contributed by atoms with Crippen molar-refractivity contribution in [3.05, 3.63) is 29.3 Å². The highest BCUT2D eigenvalue weighted by Gasteiger charge is 2.15. The molecule has 0 amide bonds. The lowest BCUT2D eigenvalue weighted by molar-refractivity contribution is 0.0769. The largest absolute Gasteiger partial charge is 0.378 e. The lowest BCUT2D eigenvalue weighted by Crippen LogP contribution is -2.34. The number of hydrogen-bond acceptors (Lipinski definition) is 4. The van der Waals surface area contributed by atoms with Gasteiger partial charge < -0.3 is 10.1 Å². The van der Waals surface area contributed by atoms with Gasteiger partial charge in [-0.05, 0) is 17.7 Å². The van der Waals surface area contributed by atoms with Gasteiger partial charge in [0.1, 0.15) is 0 Å². The Morgan fingerprint density at radius 2 is 2.47 bits per heavy atom. The van der Waals surface area contributed by atoms with Gasteiger partial charge in [0.15, 0.2) is 0 Å². The Morgan fingerprint density at radius 1 is 1.47 bits per heavy atom. The second kappa shape index (κ2) is 3.89. The summed E-state index contributed by atoms with van der Waals surface area (Å²) >= 11 is 1.69. The number of rotatable bonds is 1. The third-order valence-corrected chi connectivity index (χ3v) is 3.47. The minimum atomic E-state index is 0.338. The zero-order valence-corrected chi connectivity index (χ0v) is 9.09. The Hall–Kier alpha value is -0.970. The van der Waals surface area contributed by atoms with Crippen LogP contribution in [0, 0.1) is 0 Å². The molecule has 78 valence electrons. The number of fused-ring (bicyclic) bond motifs is 1. The fourth-order valence-electron chi connectivity index (χ4n) is 1.87. The van der Waals surface area contributed by atoms with Gasteiger partial charge >= 0.3 is 0 Å². The van der Waals surface area contributed by atoms with Gasteiger partial charge in [-0.15, -0.1) is 11.3 Å². The maximum Gasteiger partial charge on any atom is 0.0812 e. The molecule has 3 rings (SSSR count). The first-order valence-electron chi connectivity index (χ1n) is 5.08. The SMILES string of the molecule is c1nc2ccc(C3COCCN3)cc2s1. The van der Waals surface area contributed by atoms with E-state index in [9.17, 15) is 0 Å². The van der Waals surface area contributed by atoms with Crippen LogP contribution < -0.4 is 5.32 Å². The van der Waals surface area contributed by atoms with E-state index in [-0.39, 0.29) is 0 Å². The Balaban J connectivity index is 1.95. The number of hydrogen-bond donors (Lipinski definition) is 1. The molecular weight excluding hydrogens is 208 g/mol. The fraction of sp³-hybridized carbons (Fsp3) is 0.364. The maximum atomic E-state index is 5.46. The smallest absolute Gasteiger partial charge is 0.0812 e. The van der Waals surface area contributed by atoms with Crippen molar-refractivity contribution < 1.29 is 4.74 Å². The van der Waals surface area contributed by atoms with Crippen LogP contribution in [0.4, 0.5) is 0 Å². The first-order chi connectivity index (χ1) is 7.43. The van der Waals surface area contributed by atoms with Crippen LogP contribution in [-0.2, 0) is 4.74 Å². The summed E-state index contributed by atoms with van der Waals surface area (Å²) in [7, 11) is 0. The summed E-state index contributed by atoms with van der Waals surface area (Å²) in [6, 6.07) is 6.76. The zero-order valence-electron chi connectivity index (χ0n) is 8.27. The van der Waals surface area contributed by atoms with Gasteiger partial charge in [-0.25, -0.2) is 4.98 Å². The van der Waals surface area contributed by atoms with Gasteiger partial charge in [0.25, 0.3) is 0 Å². The molecule has 0 bridgehead atoms. The molecule has 0 aliphatic carbocycles. The molecule has 1 saturated heterocycles. The van der Waals surface area contributed by atoms with Crippen molar-refractivity contribution in [2.24, 2.45) is 0 Å². The van der Waals surface area contributed by atoms with Gasteiger partial charge in [0, 0.05) is 6.54 Å². The first kappa shape index (κ1) is 9.27. The fourth-order valence-corrected chi connectivity index (χ4v) is 2.59. The van der Waals surface area contributed by atoms with Crippen molar-refractivity contribution in [3.63, 3.8) is 0 Å². The average Bonchev–Trinajstić information content (AvgIpc) is 2.77. The lowest BCUT2D eigenvalue weighted by Gasteiger charge is -2.24. The number of aromatic nitrogens is 1. The van der Waals surface area contributed by atoms with E-state index in [1.165, 1.54) is 10.3 Å². The lowest BCUT2D eigenvalue weighted by atomic mass is 10.1. The summed E-state index contributed by atoms with van der Waals surface area (Å²) in [5, 5.41) is 3.45. The number of morpholine rings is 1. The average molecular weight is 220 g/mol. The summed E-state index contributed by atoms with van der Waals surface area (Å²) in [4.78, 5) is 4.27. The normalized spacial score (nSPS) is 22.0. The minimum absolute atomic E-state index is 0.338.